The van der Waals surface area contributed by atoms with Crippen LogP contribution in [0.3, 0.4) is 0 Å². The number of carbonyl (C=O) groups excluding carboxylic acids is 1. The van der Waals surface area contributed by atoms with Crippen LogP contribution >= 0.6 is 0 Å². The Morgan fingerprint density at radius 1 is 1.36 bits per heavy atom. The quantitative estimate of drug-likeness (QED) is 0.285. The molecule has 0 spiro atoms. The predicted octanol–water partition coefficient (Wildman–Crippen LogP) is 3.13. The number of hydrogen-bond donors (Lipinski definition) is 0. The summed E-state index contributed by atoms with van der Waals surface area (Å²) in [5, 5.41) is 0. The number of hydrogen-bond acceptors (Lipinski definition) is 3. The summed E-state index contributed by atoms with van der Waals surface area (Å²) in [6, 6.07) is 0. The second-order valence-electron chi connectivity index (χ2n) is 2.92. The second-order valence-corrected chi connectivity index (χ2v) is 2.92. The Hall–Kier alpha value is -1.25. The van der Waals surface area contributed by atoms with Gasteiger partial charge in [-0.2, -0.15) is 0 Å². The molecular weight excluding hydrogens is 180 g/mol. The first-order valence-corrected chi connectivity index (χ1v) is 4.91. The van der Waals surface area contributed by atoms with Gasteiger partial charge in [0.05, 0.1) is 0 Å². The van der Waals surface area contributed by atoms with Crippen molar-refractivity contribution in [1.82, 2.24) is 0 Å². The maximum atomic E-state index is 11.1. The number of unbranched alkanes of at least 4 members (excludes halogenated alkanes) is 1. The summed E-state index contributed by atoms with van der Waals surface area (Å²) >= 11 is 0. The second kappa shape index (κ2) is 8.35. The van der Waals surface area contributed by atoms with E-state index in [1.807, 2.05) is 13.0 Å². The molecule has 3 heteroatoms. The minimum atomic E-state index is -0.437. The Bertz CT molecular complexity index is 217. The monoisotopic (exact) mass is 198 g/mol. The molecule has 0 rings (SSSR count). The van der Waals surface area contributed by atoms with Gasteiger partial charge in [0, 0.05) is 5.57 Å². The molecule has 0 aliphatic carbocycles. The van der Waals surface area contributed by atoms with E-state index in [-0.39, 0.29) is 0 Å². The molecule has 80 valence electrons. The Morgan fingerprint density at radius 3 is 2.64 bits per heavy atom. The summed E-state index contributed by atoms with van der Waals surface area (Å²) in [5.74, 6) is -0.437. The van der Waals surface area contributed by atoms with Crippen LogP contribution in [0.4, 0.5) is 0 Å². The third-order valence-corrected chi connectivity index (χ3v) is 1.56. The molecule has 0 N–H and O–H groups in total. The zero-order valence-electron chi connectivity index (χ0n) is 9.08. The van der Waals surface area contributed by atoms with Crippen molar-refractivity contribution in [3.63, 3.8) is 0 Å². The number of rotatable bonds is 6. The van der Waals surface area contributed by atoms with Crippen LogP contribution in [0.15, 0.2) is 24.0 Å². The van der Waals surface area contributed by atoms with E-state index in [4.69, 9.17) is 0 Å². The molecule has 0 aromatic carbocycles. The van der Waals surface area contributed by atoms with E-state index >= 15 is 0 Å². The van der Waals surface area contributed by atoms with Crippen molar-refractivity contribution in [3.8, 4) is 0 Å². The zero-order chi connectivity index (χ0) is 10.8. The van der Waals surface area contributed by atoms with Gasteiger partial charge in [0.25, 0.3) is 0 Å². The Kier molecular flexibility index (Phi) is 7.61. The summed E-state index contributed by atoms with van der Waals surface area (Å²) in [6.07, 6.45) is 7.77. The van der Waals surface area contributed by atoms with Gasteiger partial charge in [-0.1, -0.05) is 26.3 Å². The highest BCUT2D eigenvalue weighted by molar-refractivity contribution is 5.87. The lowest BCUT2D eigenvalue weighted by Crippen LogP contribution is -2.03. The topological polar surface area (TPSA) is 35.5 Å². The Morgan fingerprint density at radius 2 is 2.07 bits per heavy atom. The SMILES string of the molecule is CCC=C(C)C(=O)OOC=CCCC. The molecule has 0 heterocycles. The number of carbonyl (C=O) groups is 1. The fourth-order valence-corrected chi connectivity index (χ4v) is 0.801. The molecule has 0 aliphatic heterocycles. The lowest BCUT2D eigenvalue weighted by molar-refractivity contribution is -0.233. The van der Waals surface area contributed by atoms with Crippen LogP contribution in [0.1, 0.15) is 40.0 Å². The smallest absolute Gasteiger partial charge is 0.295 e. The van der Waals surface area contributed by atoms with Crippen LogP contribution in [0.25, 0.3) is 0 Å². The van der Waals surface area contributed by atoms with Crippen LogP contribution in [0.5, 0.6) is 0 Å². The van der Waals surface area contributed by atoms with Gasteiger partial charge in [-0.15, -0.1) is 0 Å². The maximum absolute atomic E-state index is 11.1. The van der Waals surface area contributed by atoms with Crippen LogP contribution in [-0.2, 0) is 14.6 Å². The molecular formula is C11H18O3. The van der Waals surface area contributed by atoms with Crippen molar-refractivity contribution in [2.75, 3.05) is 0 Å². The average Bonchev–Trinajstić information content (AvgIpc) is 2.17. The molecule has 14 heavy (non-hydrogen) atoms. The highest BCUT2D eigenvalue weighted by Gasteiger charge is 2.04. The van der Waals surface area contributed by atoms with E-state index in [9.17, 15) is 4.79 Å². The van der Waals surface area contributed by atoms with E-state index in [0.29, 0.717) is 5.57 Å². The van der Waals surface area contributed by atoms with Gasteiger partial charge >= 0.3 is 5.97 Å². The van der Waals surface area contributed by atoms with Gasteiger partial charge in [-0.3, -0.25) is 4.89 Å². The van der Waals surface area contributed by atoms with E-state index in [1.54, 1.807) is 13.0 Å². The summed E-state index contributed by atoms with van der Waals surface area (Å²) in [6.45, 7) is 5.72. The molecule has 0 unspecified atom stereocenters. The third kappa shape index (κ3) is 6.29. The molecule has 0 aromatic heterocycles. The molecule has 0 radical (unpaired) electrons. The molecule has 0 fully saturated rings. The van der Waals surface area contributed by atoms with Crippen molar-refractivity contribution in [2.45, 2.75) is 40.0 Å². The minimum Gasteiger partial charge on any atom is -0.295 e. The minimum absolute atomic E-state index is 0.437. The van der Waals surface area contributed by atoms with Gasteiger partial charge in [0.2, 0.25) is 0 Å². The molecule has 0 amide bonds. The third-order valence-electron chi connectivity index (χ3n) is 1.56. The lowest BCUT2D eigenvalue weighted by Gasteiger charge is -1.99. The van der Waals surface area contributed by atoms with Gasteiger partial charge in [0.1, 0.15) is 6.26 Å². The van der Waals surface area contributed by atoms with Crippen molar-refractivity contribution >= 4 is 5.97 Å². The van der Waals surface area contributed by atoms with Crippen LogP contribution in [-0.4, -0.2) is 5.97 Å². The van der Waals surface area contributed by atoms with Crippen LogP contribution in [0, 0.1) is 0 Å². The van der Waals surface area contributed by atoms with E-state index in [2.05, 4.69) is 16.7 Å². The van der Waals surface area contributed by atoms with Crippen LogP contribution < -0.4 is 0 Å². The normalized spacial score (nSPS) is 11.8. The predicted molar refractivity (Wildman–Crippen MR) is 55.3 cm³/mol. The zero-order valence-corrected chi connectivity index (χ0v) is 9.08. The largest absolute Gasteiger partial charge is 0.381 e. The molecule has 0 aliphatic rings. The van der Waals surface area contributed by atoms with Crippen molar-refractivity contribution < 1.29 is 14.6 Å². The summed E-state index contributed by atoms with van der Waals surface area (Å²) in [5.41, 5.74) is 0.566. The molecule has 3 nitrogen and oxygen atoms in total. The van der Waals surface area contributed by atoms with Crippen molar-refractivity contribution in [2.24, 2.45) is 0 Å². The van der Waals surface area contributed by atoms with Gasteiger partial charge in [-0.25, -0.2) is 9.68 Å². The van der Waals surface area contributed by atoms with Crippen molar-refractivity contribution in [1.29, 1.82) is 0 Å². The highest BCUT2D eigenvalue weighted by atomic mass is 17.2. The van der Waals surface area contributed by atoms with E-state index < -0.39 is 5.97 Å². The first-order chi connectivity index (χ1) is 6.72. The molecule has 0 saturated heterocycles. The molecule has 0 bridgehead atoms. The molecule has 0 atom stereocenters. The van der Waals surface area contributed by atoms with E-state index in [0.717, 1.165) is 19.3 Å². The molecule has 0 aromatic rings. The summed E-state index contributed by atoms with van der Waals surface area (Å²) in [7, 11) is 0. The first-order valence-electron chi connectivity index (χ1n) is 4.91. The van der Waals surface area contributed by atoms with Gasteiger partial charge in [-0.05, 0) is 25.8 Å². The Balaban J connectivity index is 3.69. The average molecular weight is 198 g/mol. The van der Waals surface area contributed by atoms with Crippen molar-refractivity contribution in [3.05, 3.63) is 24.0 Å². The highest BCUT2D eigenvalue weighted by Crippen LogP contribution is 1.99. The molecule has 0 saturated carbocycles. The fourth-order valence-electron chi connectivity index (χ4n) is 0.801. The maximum Gasteiger partial charge on any atom is 0.381 e. The number of allylic oxidation sites excluding steroid dienone is 2. The van der Waals surface area contributed by atoms with E-state index in [1.165, 1.54) is 6.26 Å². The Labute approximate surface area is 85.3 Å². The lowest BCUT2D eigenvalue weighted by atomic mass is 10.2. The van der Waals surface area contributed by atoms with Gasteiger partial charge in [0.15, 0.2) is 0 Å². The fraction of sp³-hybridized carbons (Fsp3) is 0.545. The van der Waals surface area contributed by atoms with Gasteiger partial charge < -0.3 is 0 Å². The standard InChI is InChI=1S/C11H18O3/c1-4-6-7-9-13-14-11(12)10(3)8-5-2/h7-9H,4-6H2,1-3H3. The van der Waals surface area contributed by atoms with Crippen LogP contribution in [0.2, 0.25) is 0 Å². The first kappa shape index (κ1) is 12.8. The summed E-state index contributed by atoms with van der Waals surface area (Å²) < 4.78 is 0. The summed E-state index contributed by atoms with van der Waals surface area (Å²) in [4.78, 5) is 20.2.